The molecule has 0 saturated carbocycles. The molecule has 3 N–H and O–H groups in total. The second kappa shape index (κ2) is 9.54. The average molecular weight is 458 g/mol. The number of Topliss-reactive ketones (excluding diaryl/α,β-unsaturated/α-hetero) is 1. The number of hydrogen-bond donors (Lipinski definition) is 2. The third-order valence-corrected chi connectivity index (χ3v) is 6.38. The van der Waals surface area contributed by atoms with Gasteiger partial charge in [-0.2, -0.15) is 0 Å². The largest absolute Gasteiger partial charge is 0.410 e. The highest BCUT2D eigenvalue weighted by Gasteiger charge is 2.24. The monoisotopic (exact) mass is 457 g/mol. The molecule has 1 aliphatic heterocycles. The van der Waals surface area contributed by atoms with E-state index in [0.717, 1.165) is 25.8 Å². The Morgan fingerprint density at radius 3 is 2.53 bits per heavy atom. The zero-order chi connectivity index (χ0) is 22.7. The number of nitrogens with two attached hydrogens (primary N) is 1. The van der Waals surface area contributed by atoms with Gasteiger partial charge in [-0.1, -0.05) is 18.6 Å². The minimum absolute atomic E-state index is 0.0881. The summed E-state index contributed by atoms with van der Waals surface area (Å²) in [5.74, 6) is -1.58. The molecule has 0 aliphatic carbocycles. The van der Waals surface area contributed by atoms with Crippen LogP contribution in [0, 0.1) is 11.6 Å². The molecular formula is C23H21F2N3O3S. The van der Waals surface area contributed by atoms with Gasteiger partial charge in [-0.3, -0.25) is 4.79 Å². The second-order valence-electron chi connectivity index (χ2n) is 7.54. The van der Waals surface area contributed by atoms with E-state index in [2.05, 4.69) is 15.0 Å². The molecule has 166 valence electrons. The topological polar surface area (TPSA) is 94.3 Å². The number of aromatic nitrogens is 1. The molecule has 1 saturated heterocycles. The molecule has 6 nitrogen and oxygen atoms in total. The van der Waals surface area contributed by atoms with Crippen LogP contribution in [0.1, 0.15) is 36.2 Å². The number of ether oxygens (including phenoxy) is 1. The molecule has 1 aliphatic rings. The van der Waals surface area contributed by atoms with Gasteiger partial charge >= 0.3 is 6.09 Å². The van der Waals surface area contributed by atoms with Crippen molar-refractivity contribution in [3.63, 3.8) is 0 Å². The quantitative estimate of drug-likeness (QED) is 0.512. The van der Waals surface area contributed by atoms with Crippen LogP contribution in [0.5, 0.6) is 5.75 Å². The maximum Gasteiger partial charge on any atom is 0.410 e. The van der Waals surface area contributed by atoms with Crippen molar-refractivity contribution >= 4 is 23.2 Å². The van der Waals surface area contributed by atoms with Crippen molar-refractivity contribution in [3.05, 3.63) is 59.8 Å². The van der Waals surface area contributed by atoms with Crippen molar-refractivity contribution in [1.29, 1.82) is 0 Å². The maximum atomic E-state index is 14.4. The van der Waals surface area contributed by atoms with Gasteiger partial charge in [0, 0.05) is 18.0 Å². The predicted molar refractivity (Wildman–Crippen MR) is 118 cm³/mol. The molecule has 0 radical (unpaired) electrons. The summed E-state index contributed by atoms with van der Waals surface area (Å²) in [6.45, 7) is 0.879. The van der Waals surface area contributed by atoms with Crippen LogP contribution in [0.25, 0.3) is 21.0 Å². The van der Waals surface area contributed by atoms with Crippen LogP contribution in [0.3, 0.4) is 0 Å². The summed E-state index contributed by atoms with van der Waals surface area (Å²) < 4.78 is 32.4. The number of piperidine rings is 1. The molecule has 1 aromatic heterocycles. The number of carbonyl (C=O) groups is 2. The average Bonchev–Trinajstić information content (AvgIpc) is 3.22. The minimum Gasteiger partial charge on any atom is -0.407 e. The Balaban J connectivity index is 1.70. The van der Waals surface area contributed by atoms with Crippen molar-refractivity contribution in [1.82, 2.24) is 10.3 Å². The molecule has 1 fully saturated rings. The maximum absolute atomic E-state index is 14.4. The first-order valence-corrected chi connectivity index (χ1v) is 11.0. The van der Waals surface area contributed by atoms with Crippen LogP contribution in [0.4, 0.5) is 13.6 Å². The molecule has 1 unspecified atom stereocenters. The number of amides is 1. The highest BCUT2D eigenvalue weighted by atomic mass is 32.1. The Hall–Kier alpha value is -3.17. The van der Waals surface area contributed by atoms with Crippen LogP contribution in [-0.4, -0.2) is 29.4 Å². The number of hydrogen-bond acceptors (Lipinski definition) is 6. The van der Waals surface area contributed by atoms with Crippen molar-refractivity contribution in [2.24, 2.45) is 5.73 Å². The zero-order valence-electron chi connectivity index (χ0n) is 17.1. The van der Waals surface area contributed by atoms with E-state index in [9.17, 15) is 18.4 Å². The van der Waals surface area contributed by atoms with Crippen LogP contribution in [0.2, 0.25) is 0 Å². The molecule has 0 bridgehead atoms. The normalized spacial score (nSPS) is 16.0. The first-order chi connectivity index (χ1) is 15.4. The van der Waals surface area contributed by atoms with Gasteiger partial charge in [-0.25, -0.2) is 18.6 Å². The van der Waals surface area contributed by atoms with E-state index in [1.807, 2.05) is 0 Å². The van der Waals surface area contributed by atoms with E-state index in [1.54, 1.807) is 12.1 Å². The first-order valence-electron chi connectivity index (χ1n) is 10.2. The van der Waals surface area contributed by atoms with E-state index < -0.39 is 11.9 Å². The third kappa shape index (κ3) is 5.00. The summed E-state index contributed by atoms with van der Waals surface area (Å²) in [6.07, 6.45) is 2.26. The number of nitrogens with one attached hydrogen (secondary N) is 1. The Labute approximate surface area is 187 Å². The molecule has 32 heavy (non-hydrogen) atoms. The molecule has 2 heterocycles. The molecule has 4 rings (SSSR count). The number of ketones is 1. The van der Waals surface area contributed by atoms with Crippen molar-refractivity contribution in [3.8, 4) is 26.8 Å². The van der Waals surface area contributed by atoms with Gasteiger partial charge in [0.15, 0.2) is 17.3 Å². The first kappa shape index (κ1) is 22.0. The number of benzene rings is 2. The number of halogens is 2. The summed E-state index contributed by atoms with van der Waals surface area (Å²) in [6, 6.07) is 9.89. The lowest BCUT2D eigenvalue weighted by molar-refractivity contribution is 0.0960. The molecule has 1 atom stereocenters. The summed E-state index contributed by atoms with van der Waals surface area (Å²) in [7, 11) is 0. The van der Waals surface area contributed by atoms with Gasteiger partial charge in [0.05, 0.1) is 4.88 Å². The van der Waals surface area contributed by atoms with Gasteiger partial charge in [0.25, 0.3) is 0 Å². The highest BCUT2D eigenvalue weighted by Crippen LogP contribution is 2.37. The highest BCUT2D eigenvalue weighted by molar-refractivity contribution is 7.18. The van der Waals surface area contributed by atoms with Crippen molar-refractivity contribution in [2.45, 2.75) is 31.7 Å². The van der Waals surface area contributed by atoms with Crippen molar-refractivity contribution in [2.75, 3.05) is 6.54 Å². The summed E-state index contributed by atoms with van der Waals surface area (Å²) in [4.78, 5) is 29.2. The Bertz CT molecular complexity index is 1140. The lowest BCUT2D eigenvalue weighted by atomic mass is 9.98. The van der Waals surface area contributed by atoms with E-state index >= 15 is 0 Å². The van der Waals surface area contributed by atoms with Gasteiger partial charge in [0.1, 0.15) is 16.5 Å². The van der Waals surface area contributed by atoms with E-state index in [-0.39, 0.29) is 29.1 Å². The summed E-state index contributed by atoms with van der Waals surface area (Å²) >= 11 is 1.22. The predicted octanol–water partition coefficient (Wildman–Crippen LogP) is 4.93. The Morgan fingerprint density at radius 1 is 1.12 bits per heavy atom. The summed E-state index contributed by atoms with van der Waals surface area (Å²) in [5, 5.41) is 3.78. The Morgan fingerprint density at radius 2 is 1.88 bits per heavy atom. The fourth-order valence-corrected chi connectivity index (χ4v) is 4.76. The fraction of sp³-hybridized carbons (Fsp3) is 0.261. The zero-order valence-corrected chi connectivity index (χ0v) is 17.9. The number of thiazole rings is 1. The number of nitrogens with zero attached hydrogens (tertiary/aromatic N) is 1. The standard InChI is InChI=1S/C23H21F2N3O3S/c24-15-7-4-13(5-8-15)21-20(18(29)12-16-3-1-2-10-27-16)28-22(32-21)14-6-9-19(17(25)11-14)31-23(26)30/h4-9,11,16,27H,1-3,10,12H2,(H2,26,30). The number of rotatable bonds is 6. The lowest BCUT2D eigenvalue weighted by Gasteiger charge is -2.22. The van der Waals surface area contributed by atoms with Crippen LogP contribution < -0.4 is 15.8 Å². The van der Waals surface area contributed by atoms with Crippen molar-refractivity contribution < 1.29 is 23.1 Å². The molecule has 3 aromatic rings. The van der Waals surface area contributed by atoms with E-state index in [1.165, 1.54) is 41.7 Å². The molecular weight excluding hydrogens is 436 g/mol. The SMILES string of the molecule is NC(=O)Oc1ccc(-c2nc(C(=O)CC3CCCCN3)c(-c3ccc(F)cc3)s2)cc1F. The van der Waals surface area contributed by atoms with Gasteiger partial charge < -0.3 is 15.8 Å². The molecule has 2 aromatic carbocycles. The number of carbonyl (C=O) groups excluding carboxylic acids is 2. The second-order valence-corrected chi connectivity index (χ2v) is 8.54. The van der Waals surface area contributed by atoms with Gasteiger partial charge in [-0.15, -0.1) is 11.3 Å². The fourth-order valence-electron chi connectivity index (χ4n) is 3.67. The smallest absolute Gasteiger partial charge is 0.407 e. The van der Waals surface area contributed by atoms with Crippen LogP contribution in [0.15, 0.2) is 42.5 Å². The van der Waals surface area contributed by atoms with E-state index in [4.69, 9.17) is 5.73 Å². The lowest BCUT2D eigenvalue weighted by Crippen LogP contribution is -2.35. The molecule has 9 heteroatoms. The van der Waals surface area contributed by atoms with Crippen LogP contribution in [-0.2, 0) is 0 Å². The minimum atomic E-state index is -1.12. The van der Waals surface area contributed by atoms with E-state index in [0.29, 0.717) is 27.4 Å². The number of primary amides is 1. The van der Waals surface area contributed by atoms with Gasteiger partial charge in [0.2, 0.25) is 0 Å². The van der Waals surface area contributed by atoms with Gasteiger partial charge in [-0.05, 0) is 55.3 Å². The third-order valence-electron chi connectivity index (χ3n) is 5.23. The Kier molecular flexibility index (Phi) is 6.57. The summed E-state index contributed by atoms with van der Waals surface area (Å²) in [5.41, 5.74) is 6.30. The molecule has 0 spiro atoms. The molecule has 1 amide bonds. The van der Waals surface area contributed by atoms with Crippen LogP contribution >= 0.6 is 11.3 Å².